The number of fused-ring (bicyclic) bond motifs is 1. The van der Waals surface area contributed by atoms with Gasteiger partial charge in [-0.15, -0.1) is 0 Å². The highest BCUT2D eigenvalue weighted by Gasteiger charge is 2.12. The third-order valence-corrected chi connectivity index (χ3v) is 5.01. The third kappa shape index (κ3) is 3.15. The number of nitrogens with one attached hydrogen (secondary N) is 2. The SMILES string of the molecule is O=S(NCCc1c(Cl)cccc1Cl)c1[nH]nc2ncccc12. The van der Waals surface area contributed by atoms with Gasteiger partial charge in [-0.2, -0.15) is 5.10 Å². The van der Waals surface area contributed by atoms with Crippen LogP contribution >= 0.6 is 23.2 Å². The summed E-state index contributed by atoms with van der Waals surface area (Å²) in [7, 11) is -1.41. The number of nitrogens with zero attached hydrogens (tertiary/aromatic N) is 2. The van der Waals surface area contributed by atoms with Crippen LogP contribution in [0.15, 0.2) is 41.6 Å². The Morgan fingerprint density at radius 2 is 1.95 bits per heavy atom. The first-order valence-electron chi connectivity index (χ1n) is 6.54. The molecule has 0 fully saturated rings. The normalized spacial score (nSPS) is 12.6. The number of hydrogen-bond donors (Lipinski definition) is 2. The van der Waals surface area contributed by atoms with Crippen LogP contribution in [0.2, 0.25) is 10.0 Å². The lowest BCUT2D eigenvalue weighted by Gasteiger charge is -2.07. The zero-order chi connectivity index (χ0) is 15.5. The van der Waals surface area contributed by atoms with Gasteiger partial charge in [0.05, 0.1) is 5.39 Å². The van der Waals surface area contributed by atoms with Crippen molar-refractivity contribution in [3.63, 3.8) is 0 Å². The van der Waals surface area contributed by atoms with Crippen LogP contribution in [-0.2, 0) is 17.4 Å². The molecular weight excluding hydrogens is 343 g/mol. The summed E-state index contributed by atoms with van der Waals surface area (Å²) in [5, 5.41) is 9.24. The fourth-order valence-corrected chi connectivity index (χ4v) is 3.59. The molecule has 0 aliphatic heterocycles. The summed E-state index contributed by atoms with van der Waals surface area (Å²) in [6.07, 6.45) is 2.22. The number of hydrogen-bond acceptors (Lipinski definition) is 3. The summed E-state index contributed by atoms with van der Waals surface area (Å²) < 4.78 is 15.3. The maximum atomic E-state index is 12.3. The Balaban J connectivity index is 1.68. The molecule has 0 saturated carbocycles. The molecule has 0 spiro atoms. The van der Waals surface area contributed by atoms with E-state index >= 15 is 0 Å². The summed E-state index contributed by atoms with van der Waals surface area (Å²) in [6.45, 7) is 0.469. The monoisotopic (exact) mass is 354 g/mol. The summed E-state index contributed by atoms with van der Waals surface area (Å²) >= 11 is 12.2. The van der Waals surface area contributed by atoms with E-state index in [1.807, 2.05) is 6.07 Å². The molecule has 3 rings (SSSR count). The minimum atomic E-state index is -1.41. The second-order valence-electron chi connectivity index (χ2n) is 4.54. The molecule has 2 N–H and O–H groups in total. The van der Waals surface area contributed by atoms with Crippen LogP contribution < -0.4 is 4.72 Å². The molecule has 1 aromatic carbocycles. The number of aromatic nitrogens is 3. The summed E-state index contributed by atoms with van der Waals surface area (Å²) in [5.74, 6) is 0. The number of rotatable bonds is 5. The van der Waals surface area contributed by atoms with Gasteiger partial charge in [-0.1, -0.05) is 29.3 Å². The van der Waals surface area contributed by atoms with Crippen molar-refractivity contribution < 1.29 is 4.21 Å². The number of H-pyrrole nitrogens is 1. The average molecular weight is 355 g/mol. The second-order valence-corrected chi connectivity index (χ2v) is 6.59. The predicted molar refractivity (Wildman–Crippen MR) is 88.5 cm³/mol. The van der Waals surface area contributed by atoms with Crippen LogP contribution in [0.5, 0.6) is 0 Å². The lowest BCUT2D eigenvalue weighted by Crippen LogP contribution is -2.21. The van der Waals surface area contributed by atoms with Crippen LogP contribution in [0.1, 0.15) is 5.56 Å². The highest BCUT2D eigenvalue weighted by Crippen LogP contribution is 2.24. The summed E-state index contributed by atoms with van der Waals surface area (Å²) in [4.78, 5) is 4.10. The smallest absolute Gasteiger partial charge is 0.182 e. The molecule has 114 valence electrons. The first kappa shape index (κ1) is 15.4. The molecule has 0 saturated heterocycles. The van der Waals surface area contributed by atoms with Crippen molar-refractivity contribution in [2.24, 2.45) is 0 Å². The van der Waals surface area contributed by atoms with Crippen molar-refractivity contribution in [3.05, 3.63) is 52.1 Å². The van der Waals surface area contributed by atoms with Gasteiger partial charge in [0.1, 0.15) is 16.0 Å². The quantitative estimate of drug-likeness (QED) is 0.739. The van der Waals surface area contributed by atoms with Gasteiger partial charge in [0.2, 0.25) is 0 Å². The van der Waals surface area contributed by atoms with Gasteiger partial charge < -0.3 is 0 Å². The standard InChI is InChI=1S/C14H12Cl2N4OS/c15-11-4-1-5-12(16)9(11)6-8-18-22(21)14-10-3-2-7-17-13(10)19-20-14/h1-5,7,18H,6,8H2,(H,17,19,20). The molecule has 5 nitrogen and oxygen atoms in total. The lowest BCUT2D eigenvalue weighted by atomic mass is 10.1. The largest absolute Gasteiger partial charge is 0.266 e. The lowest BCUT2D eigenvalue weighted by molar-refractivity contribution is 0.668. The summed E-state index contributed by atoms with van der Waals surface area (Å²) in [5.41, 5.74) is 1.38. The Bertz CT molecular complexity index is 816. The molecule has 2 heterocycles. The van der Waals surface area contributed by atoms with E-state index < -0.39 is 11.0 Å². The van der Waals surface area contributed by atoms with Gasteiger partial charge in [0.25, 0.3) is 0 Å². The minimum absolute atomic E-state index is 0.469. The molecule has 2 aromatic heterocycles. The maximum Gasteiger partial charge on any atom is 0.182 e. The number of halogens is 2. The van der Waals surface area contributed by atoms with E-state index in [2.05, 4.69) is 19.9 Å². The van der Waals surface area contributed by atoms with Gasteiger partial charge in [-0.05, 0) is 36.2 Å². The number of aromatic amines is 1. The molecule has 0 radical (unpaired) electrons. The zero-order valence-electron chi connectivity index (χ0n) is 11.3. The number of benzene rings is 1. The average Bonchev–Trinajstić information content (AvgIpc) is 2.94. The van der Waals surface area contributed by atoms with E-state index in [9.17, 15) is 4.21 Å². The molecule has 0 bridgehead atoms. The number of pyridine rings is 1. The van der Waals surface area contributed by atoms with E-state index in [0.717, 1.165) is 10.9 Å². The van der Waals surface area contributed by atoms with Crippen LogP contribution in [0.25, 0.3) is 11.0 Å². The van der Waals surface area contributed by atoms with Crippen LogP contribution in [0.4, 0.5) is 0 Å². The molecule has 22 heavy (non-hydrogen) atoms. The molecule has 0 aliphatic carbocycles. The Morgan fingerprint density at radius 3 is 2.73 bits per heavy atom. The van der Waals surface area contributed by atoms with Crippen molar-refractivity contribution in [2.45, 2.75) is 11.4 Å². The van der Waals surface area contributed by atoms with Crippen molar-refractivity contribution >= 4 is 45.2 Å². The fraction of sp³-hybridized carbons (Fsp3) is 0.143. The van der Waals surface area contributed by atoms with E-state index in [1.165, 1.54) is 0 Å². The summed E-state index contributed by atoms with van der Waals surface area (Å²) in [6, 6.07) is 8.97. The van der Waals surface area contributed by atoms with Gasteiger partial charge in [-0.25, -0.2) is 13.9 Å². The Morgan fingerprint density at radius 1 is 1.18 bits per heavy atom. The van der Waals surface area contributed by atoms with Crippen molar-refractivity contribution in [2.75, 3.05) is 6.54 Å². The van der Waals surface area contributed by atoms with Gasteiger partial charge in [-0.3, -0.25) is 5.10 Å². The van der Waals surface area contributed by atoms with E-state index in [-0.39, 0.29) is 0 Å². The molecule has 3 aromatic rings. The first-order chi connectivity index (χ1) is 10.7. The first-order valence-corrected chi connectivity index (χ1v) is 8.44. The maximum absolute atomic E-state index is 12.3. The van der Waals surface area contributed by atoms with Crippen LogP contribution in [0, 0.1) is 0 Å². The van der Waals surface area contributed by atoms with E-state index in [4.69, 9.17) is 23.2 Å². The van der Waals surface area contributed by atoms with Crippen molar-refractivity contribution in [1.82, 2.24) is 19.9 Å². The van der Waals surface area contributed by atoms with Crippen molar-refractivity contribution in [3.8, 4) is 0 Å². The molecule has 0 amide bonds. The molecule has 0 aliphatic rings. The Hall–Kier alpha value is -1.47. The molecule has 8 heteroatoms. The molecule has 1 atom stereocenters. The van der Waals surface area contributed by atoms with Gasteiger partial charge in [0, 0.05) is 22.8 Å². The molecular formula is C14H12Cl2N4OS. The van der Waals surface area contributed by atoms with Crippen LogP contribution in [-0.4, -0.2) is 25.9 Å². The van der Waals surface area contributed by atoms with Gasteiger partial charge >= 0.3 is 0 Å². The topological polar surface area (TPSA) is 70.7 Å². The third-order valence-electron chi connectivity index (χ3n) is 3.15. The van der Waals surface area contributed by atoms with Gasteiger partial charge in [0.15, 0.2) is 5.65 Å². The zero-order valence-corrected chi connectivity index (χ0v) is 13.7. The van der Waals surface area contributed by atoms with E-state index in [1.54, 1.807) is 30.5 Å². The second kappa shape index (κ2) is 6.75. The van der Waals surface area contributed by atoms with E-state index in [0.29, 0.717) is 33.7 Å². The Labute approximate surface area is 139 Å². The fourth-order valence-electron chi connectivity index (χ4n) is 2.08. The Kier molecular flexibility index (Phi) is 4.73. The highest BCUT2D eigenvalue weighted by molar-refractivity contribution is 7.83. The van der Waals surface area contributed by atoms with Crippen molar-refractivity contribution in [1.29, 1.82) is 0 Å². The highest BCUT2D eigenvalue weighted by atomic mass is 35.5. The minimum Gasteiger partial charge on any atom is -0.266 e. The predicted octanol–water partition coefficient (Wildman–Crippen LogP) is 3.12. The molecule has 1 unspecified atom stereocenters. The van der Waals surface area contributed by atoms with Crippen LogP contribution in [0.3, 0.4) is 0 Å².